The van der Waals surface area contributed by atoms with Crippen molar-refractivity contribution in [3.8, 4) is 0 Å². The fourth-order valence-electron chi connectivity index (χ4n) is 2.19. The number of hydrogen-bond donors (Lipinski definition) is 0. The van der Waals surface area contributed by atoms with Crippen LogP contribution < -0.4 is 0 Å². The SMILES string of the molecule is CCCC1CCCCC1C. The van der Waals surface area contributed by atoms with Gasteiger partial charge >= 0.3 is 0 Å². The van der Waals surface area contributed by atoms with Gasteiger partial charge in [0.25, 0.3) is 0 Å². The summed E-state index contributed by atoms with van der Waals surface area (Å²) in [6.07, 6.45) is 8.84. The van der Waals surface area contributed by atoms with Gasteiger partial charge in [0, 0.05) is 0 Å². The molecule has 0 aromatic carbocycles. The van der Waals surface area contributed by atoms with Crippen LogP contribution in [-0.4, -0.2) is 0 Å². The van der Waals surface area contributed by atoms with Crippen molar-refractivity contribution in [2.24, 2.45) is 11.8 Å². The normalized spacial score (nSPS) is 34.2. The van der Waals surface area contributed by atoms with Gasteiger partial charge in [0.2, 0.25) is 0 Å². The van der Waals surface area contributed by atoms with E-state index in [4.69, 9.17) is 0 Å². The molecule has 0 nitrogen and oxygen atoms in total. The highest BCUT2D eigenvalue weighted by atomic mass is 14.2. The van der Waals surface area contributed by atoms with Gasteiger partial charge in [-0.15, -0.1) is 0 Å². The van der Waals surface area contributed by atoms with E-state index in [0.717, 1.165) is 11.8 Å². The van der Waals surface area contributed by atoms with E-state index in [0.29, 0.717) is 0 Å². The Labute approximate surface area is 65.0 Å². The zero-order valence-corrected chi connectivity index (χ0v) is 7.40. The summed E-state index contributed by atoms with van der Waals surface area (Å²) < 4.78 is 0. The van der Waals surface area contributed by atoms with E-state index >= 15 is 0 Å². The summed E-state index contributed by atoms with van der Waals surface area (Å²) in [6, 6.07) is 0. The summed E-state index contributed by atoms with van der Waals surface area (Å²) in [5.74, 6) is 2.09. The fraction of sp³-hybridized carbons (Fsp3) is 1.00. The molecule has 1 aliphatic rings. The van der Waals surface area contributed by atoms with Crippen molar-refractivity contribution in [1.82, 2.24) is 0 Å². The quantitative estimate of drug-likeness (QED) is 0.549. The Hall–Kier alpha value is 0. The molecule has 0 amide bonds. The van der Waals surface area contributed by atoms with Crippen molar-refractivity contribution in [1.29, 1.82) is 0 Å². The third kappa shape index (κ3) is 2.00. The molecular weight excluding hydrogens is 120 g/mol. The van der Waals surface area contributed by atoms with Crippen LogP contribution in [0.3, 0.4) is 0 Å². The van der Waals surface area contributed by atoms with Crippen molar-refractivity contribution in [2.75, 3.05) is 0 Å². The van der Waals surface area contributed by atoms with Gasteiger partial charge < -0.3 is 0 Å². The van der Waals surface area contributed by atoms with Gasteiger partial charge in [-0.1, -0.05) is 52.4 Å². The number of rotatable bonds is 2. The smallest absolute Gasteiger partial charge is 0.0389 e. The summed E-state index contributed by atoms with van der Waals surface area (Å²) in [7, 11) is 0. The standard InChI is InChI=1S/C10H20/c1-3-6-10-8-5-4-7-9(10)2/h9-10H,3-8H2,1-2H3. The Bertz CT molecular complexity index is 84.0. The zero-order chi connectivity index (χ0) is 7.40. The Morgan fingerprint density at radius 2 is 1.90 bits per heavy atom. The maximum atomic E-state index is 2.43. The van der Waals surface area contributed by atoms with Crippen molar-refractivity contribution < 1.29 is 0 Å². The predicted octanol–water partition coefficient (Wildman–Crippen LogP) is 3.61. The molecule has 10 heavy (non-hydrogen) atoms. The molecule has 60 valence electrons. The van der Waals surface area contributed by atoms with Crippen LogP contribution in [0.5, 0.6) is 0 Å². The van der Waals surface area contributed by atoms with E-state index in [9.17, 15) is 0 Å². The van der Waals surface area contributed by atoms with Crippen LogP contribution in [0.15, 0.2) is 0 Å². The third-order valence-corrected chi connectivity index (χ3v) is 2.95. The minimum Gasteiger partial charge on any atom is -0.0654 e. The third-order valence-electron chi connectivity index (χ3n) is 2.95. The molecular formula is C10H20. The molecule has 0 radical (unpaired) electrons. The molecule has 0 spiro atoms. The summed E-state index contributed by atoms with van der Waals surface area (Å²) in [5.41, 5.74) is 0. The Kier molecular flexibility index (Phi) is 3.24. The molecule has 0 N–H and O–H groups in total. The highest BCUT2D eigenvalue weighted by molar-refractivity contribution is 4.71. The molecule has 1 rings (SSSR count). The van der Waals surface area contributed by atoms with E-state index in [1.165, 1.54) is 38.5 Å². The molecule has 0 aliphatic heterocycles. The van der Waals surface area contributed by atoms with Crippen LogP contribution in [0.1, 0.15) is 52.4 Å². The molecule has 1 aliphatic carbocycles. The second kappa shape index (κ2) is 4.00. The van der Waals surface area contributed by atoms with Crippen LogP contribution in [0, 0.1) is 11.8 Å². The first kappa shape index (κ1) is 8.10. The van der Waals surface area contributed by atoms with E-state index in [1.54, 1.807) is 0 Å². The second-order valence-electron chi connectivity index (χ2n) is 3.81. The fourth-order valence-corrected chi connectivity index (χ4v) is 2.19. The molecule has 1 saturated carbocycles. The minimum absolute atomic E-state index is 1.02. The van der Waals surface area contributed by atoms with Crippen molar-refractivity contribution in [3.63, 3.8) is 0 Å². The van der Waals surface area contributed by atoms with E-state index in [2.05, 4.69) is 13.8 Å². The topological polar surface area (TPSA) is 0 Å². The first-order valence-electron chi connectivity index (χ1n) is 4.84. The summed E-state index contributed by atoms with van der Waals surface area (Å²) in [5, 5.41) is 0. The van der Waals surface area contributed by atoms with E-state index in [1.807, 2.05) is 0 Å². The van der Waals surface area contributed by atoms with E-state index < -0.39 is 0 Å². The maximum Gasteiger partial charge on any atom is -0.0389 e. The van der Waals surface area contributed by atoms with Crippen molar-refractivity contribution in [3.05, 3.63) is 0 Å². The lowest BCUT2D eigenvalue weighted by atomic mass is 9.78. The monoisotopic (exact) mass is 140 g/mol. The molecule has 0 heterocycles. The number of hydrogen-bond acceptors (Lipinski definition) is 0. The van der Waals surface area contributed by atoms with Gasteiger partial charge in [0.15, 0.2) is 0 Å². The Balaban J connectivity index is 2.25. The molecule has 2 unspecified atom stereocenters. The summed E-state index contributed by atoms with van der Waals surface area (Å²) >= 11 is 0. The average Bonchev–Trinajstić information content (AvgIpc) is 1.94. The molecule has 0 heteroatoms. The average molecular weight is 140 g/mol. The maximum absolute atomic E-state index is 2.43. The van der Waals surface area contributed by atoms with E-state index in [-0.39, 0.29) is 0 Å². The van der Waals surface area contributed by atoms with Gasteiger partial charge in [0.1, 0.15) is 0 Å². The zero-order valence-electron chi connectivity index (χ0n) is 7.40. The summed E-state index contributed by atoms with van der Waals surface area (Å²) in [4.78, 5) is 0. The second-order valence-corrected chi connectivity index (χ2v) is 3.81. The molecule has 1 fully saturated rings. The van der Waals surface area contributed by atoms with Crippen LogP contribution in [0.25, 0.3) is 0 Å². The lowest BCUT2D eigenvalue weighted by Gasteiger charge is -2.28. The highest BCUT2D eigenvalue weighted by Crippen LogP contribution is 2.32. The van der Waals surface area contributed by atoms with Crippen LogP contribution in [0.4, 0.5) is 0 Å². The van der Waals surface area contributed by atoms with Gasteiger partial charge in [-0.25, -0.2) is 0 Å². The van der Waals surface area contributed by atoms with Crippen molar-refractivity contribution >= 4 is 0 Å². The van der Waals surface area contributed by atoms with Crippen LogP contribution in [-0.2, 0) is 0 Å². The Morgan fingerprint density at radius 3 is 2.50 bits per heavy atom. The highest BCUT2D eigenvalue weighted by Gasteiger charge is 2.19. The van der Waals surface area contributed by atoms with Gasteiger partial charge in [-0.05, 0) is 11.8 Å². The van der Waals surface area contributed by atoms with Gasteiger partial charge in [-0.3, -0.25) is 0 Å². The van der Waals surface area contributed by atoms with Gasteiger partial charge in [-0.2, -0.15) is 0 Å². The van der Waals surface area contributed by atoms with Gasteiger partial charge in [0.05, 0.1) is 0 Å². The molecule has 0 bridgehead atoms. The molecule has 0 saturated heterocycles. The van der Waals surface area contributed by atoms with Crippen molar-refractivity contribution in [2.45, 2.75) is 52.4 Å². The predicted molar refractivity (Wildman–Crippen MR) is 46.0 cm³/mol. The molecule has 2 atom stereocenters. The first-order valence-corrected chi connectivity index (χ1v) is 4.84. The first-order chi connectivity index (χ1) is 4.84. The Morgan fingerprint density at radius 1 is 1.20 bits per heavy atom. The van der Waals surface area contributed by atoms with Crippen LogP contribution >= 0.6 is 0 Å². The van der Waals surface area contributed by atoms with Crippen LogP contribution in [0.2, 0.25) is 0 Å². The molecule has 0 aromatic rings. The summed E-state index contributed by atoms with van der Waals surface area (Å²) in [6.45, 7) is 4.74. The lowest BCUT2D eigenvalue weighted by molar-refractivity contribution is 0.240. The molecule has 0 aromatic heterocycles. The minimum atomic E-state index is 1.02. The largest absolute Gasteiger partial charge is 0.0654 e. The lowest BCUT2D eigenvalue weighted by Crippen LogP contribution is -2.15.